The molecule has 0 heterocycles. The first-order valence-corrected chi connectivity index (χ1v) is 4.62. The van der Waals surface area contributed by atoms with Crippen LogP contribution >= 0.6 is 0 Å². The molecule has 0 aromatic heterocycles. The van der Waals surface area contributed by atoms with Gasteiger partial charge in [-0.3, -0.25) is 4.79 Å². The predicted octanol–water partition coefficient (Wildman–Crippen LogP) is 3.43. The second-order valence-electron chi connectivity index (χ2n) is 3.14. The van der Waals surface area contributed by atoms with Crippen LogP contribution in [0.25, 0.3) is 0 Å². The summed E-state index contributed by atoms with van der Waals surface area (Å²) in [7, 11) is 0. The summed E-state index contributed by atoms with van der Waals surface area (Å²) in [5.41, 5.74) is 1.98. The zero-order chi connectivity index (χ0) is 10.3. The molecule has 13 heavy (non-hydrogen) atoms. The van der Waals surface area contributed by atoms with E-state index in [1.165, 1.54) is 5.57 Å². The molecule has 0 amide bonds. The molecule has 0 N–H and O–H groups in total. The molecule has 1 heteroatoms. The van der Waals surface area contributed by atoms with Gasteiger partial charge in [0.05, 0.1) is 0 Å². The average Bonchev–Trinajstić information content (AvgIpc) is 2.10. The number of allylic oxidation sites excluding steroid dienone is 6. The molecule has 1 nitrogen and oxygen atoms in total. The van der Waals surface area contributed by atoms with Crippen LogP contribution in [0.15, 0.2) is 35.5 Å². The minimum Gasteiger partial charge on any atom is -0.294 e. The van der Waals surface area contributed by atoms with Gasteiger partial charge in [0.2, 0.25) is 0 Å². The predicted molar refractivity (Wildman–Crippen MR) is 57.6 cm³/mol. The maximum absolute atomic E-state index is 11.4. The smallest absolute Gasteiger partial charge is 0.162 e. The molecule has 0 rings (SSSR count). The summed E-state index contributed by atoms with van der Waals surface area (Å²) in [5.74, 6) is 0.190. The number of ketones is 1. The Balaban J connectivity index is 4.70. The lowest BCUT2D eigenvalue weighted by Gasteiger charge is -1.96. The molecule has 0 aliphatic carbocycles. The van der Waals surface area contributed by atoms with Gasteiger partial charge in [0.25, 0.3) is 0 Å². The first-order chi connectivity index (χ1) is 6.11. The molecule has 0 aliphatic rings. The SMILES string of the molecule is C/C=C\C(=C/C=C(C)C)C(=O)CC. The average molecular weight is 178 g/mol. The Kier molecular flexibility index (Phi) is 5.86. The topological polar surface area (TPSA) is 17.1 Å². The number of rotatable bonds is 4. The van der Waals surface area contributed by atoms with Gasteiger partial charge >= 0.3 is 0 Å². The molecule has 0 aromatic carbocycles. The maximum atomic E-state index is 11.4. The number of Topliss-reactive ketones (excluding diaryl/α,β-unsaturated/α-hetero) is 1. The molecule has 0 fully saturated rings. The summed E-state index contributed by atoms with van der Waals surface area (Å²) >= 11 is 0. The minimum atomic E-state index is 0.190. The van der Waals surface area contributed by atoms with Crippen LogP contribution in [0.1, 0.15) is 34.1 Å². The van der Waals surface area contributed by atoms with Crippen LogP contribution in [0, 0.1) is 0 Å². The molecule has 0 aromatic rings. The van der Waals surface area contributed by atoms with Gasteiger partial charge in [-0.1, -0.05) is 36.8 Å². The Morgan fingerprint density at radius 2 is 1.85 bits per heavy atom. The summed E-state index contributed by atoms with van der Waals surface area (Å²) in [6, 6.07) is 0. The molecule has 0 bridgehead atoms. The van der Waals surface area contributed by atoms with Crippen LogP contribution in [0.5, 0.6) is 0 Å². The standard InChI is InChI=1S/C12H18O/c1-5-7-11(12(13)6-2)9-8-10(3)4/h5,7-9H,6H2,1-4H3/b7-5-,11-9+. The van der Waals surface area contributed by atoms with Crippen molar-refractivity contribution in [1.82, 2.24) is 0 Å². The van der Waals surface area contributed by atoms with Gasteiger partial charge in [0.15, 0.2) is 5.78 Å². The lowest BCUT2D eigenvalue weighted by atomic mass is 10.1. The van der Waals surface area contributed by atoms with E-state index in [2.05, 4.69) is 0 Å². The molecule has 0 spiro atoms. The molecule has 0 saturated heterocycles. The van der Waals surface area contributed by atoms with Crippen molar-refractivity contribution >= 4 is 5.78 Å². The van der Waals surface area contributed by atoms with E-state index in [-0.39, 0.29) is 5.78 Å². The van der Waals surface area contributed by atoms with Gasteiger partial charge in [0, 0.05) is 12.0 Å². The Bertz CT molecular complexity index is 250. The van der Waals surface area contributed by atoms with Crippen LogP contribution in [0.3, 0.4) is 0 Å². The second kappa shape index (κ2) is 6.41. The van der Waals surface area contributed by atoms with Crippen molar-refractivity contribution in [2.75, 3.05) is 0 Å². The van der Waals surface area contributed by atoms with Gasteiger partial charge in [-0.2, -0.15) is 0 Å². The normalized spacial score (nSPS) is 11.8. The molecular weight excluding hydrogens is 160 g/mol. The fourth-order valence-electron chi connectivity index (χ4n) is 0.882. The number of hydrogen-bond donors (Lipinski definition) is 0. The third-order valence-electron chi connectivity index (χ3n) is 1.59. The van der Waals surface area contributed by atoms with E-state index in [4.69, 9.17) is 0 Å². The highest BCUT2D eigenvalue weighted by molar-refractivity contribution is 5.98. The quantitative estimate of drug-likeness (QED) is 0.476. The van der Waals surface area contributed by atoms with Crippen molar-refractivity contribution in [2.24, 2.45) is 0 Å². The monoisotopic (exact) mass is 178 g/mol. The van der Waals surface area contributed by atoms with E-state index in [1.54, 1.807) is 0 Å². The molecular formula is C12H18O. The first kappa shape index (κ1) is 11.9. The van der Waals surface area contributed by atoms with Gasteiger partial charge in [-0.25, -0.2) is 0 Å². The summed E-state index contributed by atoms with van der Waals surface area (Å²) < 4.78 is 0. The van der Waals surface area contributed by atoms with E-state index >= 15 is 0 Å². The molecule has 0 radical (unpaired) electrons. The Labute approximate surface area is 80.8 Å². The van der Waals surface area contributed by atoms with Crippen LogP contribution < -0.4 is 0 Å². The Hall–Kier alpha value is -1.11. The van der Waals surface area contributed by atoms with E-state index < -0.39 is 0 Å². The first-order valence-electron chi connectivity index (χ1n) is 4.62. The van der Waals surface area contributed by atoms with Crippen molar-refractivity contribution in [3.63, 3.8) is 0 Å². The van der Waals surface area contributed by atoms with Crippen LogP contribution in [-0.4, -0.2) is 5.78 Å². The second-order valence-corrected chi connectivity index (χ2v) is 3.14. The van der Waals surface area contributed by atoms with E-state index in [1.807, 2.05) is 52.0 Å². The number of hydrogen-bond acceptors (Lipinski definition) is 1. The third-order valence-corrected chi connectivity index (χ3v) is 1.59. The summed E-state index contributed by atoms with van der Waals surface area (Å²) in [6.07, 6.45) is 8.14. The van der Waals surface area contributed by atoms with Gasteiger partial charge in [-0.15, -0.1) is 0 Å². The van der Waals surface area contributed by atoms with Crippen LogP contribution in [0.4, 0.5) is 0 Å². The number of carbonyl (C=O) groups is 1. The minimum absolute atomic E-state index is 0.190. The Morgan fingerprint density at radius 1 is 1.23 bits per heavy atom. The molecule has 0 atom stereocenters. The fourth-order valence-corrected chi connectivity index (χ4v) is 0.882. The number of carbonyl (C=O) groups excluding carboxylic acids is 1. The van der Waals surface area contributed by atoms with Crippen molar-refractivity contribution < 1.29 is 4.79 Å². The van der Waals surface area contributed by atoms with Crippen LogP contribution in [0.2, 0.25) is 0 Å². The lowest BCUT2D eigenvalue weighted by molar-refractivity contribution is -0.114. The molecule has 0 unspecified atom stereocenters. The highest BCUT2D eigenvalue weighted by Gasteiger charge is 2.00. The third kappa shape index (κ3) is 5.18. The highest BCUT2D eigenvalue weighted by atomic mass is 16.1. The summed E-state index contributed by atoms with van der Waals surface area (Å²) in [5, 5.41) is 0. The van der Waals surface area contributed by atoms with Crippen LogP contribution in [-0.2, 0) is 4.79 Å². The van der Waals surface area contributed by atoms with E-state index in [0.717, 1.165) is 5.57 Å². The van der Waals surface area contributed by atoms with Crippen molar-refractivity contribution in [3.05, 3.63) is 35.5 Å². The molecule has 72 valence electrons. The summed E-state index contributed by atoms with van der Waals surface area (Å²) in [6.45, 7) is 7.82. The van der Waals surface area contributed by atoms with Gasteiger partial charge in [-0.05, 0) is 20.8 Å². The largest absolute Gasteiger partial charge is 0.294 e. The zero-order valence-electron chi connectivity index (χ0n) is 8.92. The fraction of sp³-hybridized carbons (Fsp3) is 0.417. The van der Waals surface area contributed by atoms with E-state index in [0.29, 0.717) is 6.42 Å². The highest BCUT2D eigenvalue weighted by Crippen LogP contribution is 2.04. The zero-order valence-corrected chi connectivity index (χ0v) is 8.92. The lowest BCUT2D eigenvalue weighted by Crippen LogP contribution is -1.97. The van der Waals surface area contributed by atoms with Crippen molar-refractivity contribution in [1.29, 1.82) is 0 Å². The van der Waals surface area contributed by atoms with Gasteiger partial charge < -0.3 is 0 Å². The molecule has 0 aliphatic heterocycles. The van der Waals surface area contributed by atoms with Crippen molar-refractivity contribution in [3.8, 4) is 0 Å². The summed E-state index contributed by atoms with van der Waals surface area (Å²) in [4.78, 5) is 11.4. The van der Waals surface area contributed by atoms with Crippen molar-refractivity contribution in [2.45, 2.75) is 34.1 Å². The Morgan fingerprint density at radius 3 is 2.23 bits per heavy atom. The maximum Gasteiger partial charge on any atom is 0.162 e. The van der Waals surface area contributed by atoms with E-state index in [9.17, 15) is 4.79 Å². The van der Waals surface area contributed by atoms with Gasteiger partial charge in [0.1, 0.15) is 0 Å². The molecule has 0 saturated carbocycles.